The number of unbranched alkanes of at least 4 members (excludes halogenated alkanes) is 19. The van der Waals surface area contributed by atoms with Crippen LogP contribution >= 0.6 is 0 Å². The van der Waals surface area contributed by atoms with E-state index in [-0.39, 0.29) is 31.1 Å². The summed E-state index contributed by atoms with van der Waals surface area (Å²) in [6.07, 6.45) is 90.2. The van der Waals surface area contributed by atoms with Crippen LogP contribution in [0.25, 0.3) is 0 Å². The van der Waals surface area contributed by atoms with Crippen molar-refractivity contribution >= 4 is 17.9 Å². The second kappa shape index (κ2) is 62.8. The summed E-state index contributed by atoms with van der Waals surface area (Å²) in [5.74, 6) is -0.928. The molecule has 0 saturated heterocycles. The van der Waals surface area contributed by atoms with E-state index in [9.17, 15) is 14.4 Å². The van der Waals surface area contributed by atoms with Gasteiger partial charge in [0.1, 0.15) is 13.2 Å². The summed E-state index contributed by atoms with van der Waals surface area (Å²) in [6.45, 7) is 6.33. The number of ether oxygens (including phenoxy) is 3. The summed E-state index contributed by atoms with van der Waals surface area (Å²) < 4.78 is 16.8. The van der Waals surface area contributed by atoms with Crippen LogP contribution in [0.1, 0.15) is 258 Å². The summed E-state index contributed by atoms with van der Waals surface area (Å²) in [6, 6.07) is 0. The van der Waals surface area contributed by atoms with Crippen molar-refractivity contribution in [2.45, 2.75) is 264 Å². The van der Waals surface area contributed by atoms with E-state index in [4.69, 9.17) is 14.2 Å². The minimum Gasteiger partial charge on any atom is -0.462 e. The second-order valence-corrected chi connectivity index (χ2v) is 19.9. The van der Waals surface area contributed by atoms with Gasteiger partial charge in [0.25, 0.3) is 0 Å². The zero-order valence-electron chi connectivity index (χ0n) is 49.0. The van der Waals surface area contributed by atoms with Crippen molar-refractivity contribution in [3.05, 3.63) is 146 Å². The number of allylic oxidation sites excluding steroid dienone is 24. The van der Waals surface area contributed by atoms with Gasteiger partial charge in [-0.2, -0.15) is 0 Å². The molecule has 0 radical (unpaired) electrons. The van der Waals surface area contributed by atoms with Crippen molar-refractivity contribution in [3.63, 3.8) is 0 Å². The number of esters is 3. The van der Waals surface area contributed by atoms with Crippen LogP contribution in [0.15, 0.2) is 146 Å². The molecule has 0 aliphatic carbocycles. The predicted octanol–water partition coefficient (Wildman–Crippen LogP) is 21.2. The third-order valence-corrected chi connectivity index (χ3v) is 12.6. The van der Waals surface area contributed by atoms with Gasteiger partial charge in [0, 0.05) is 19.3 Å². The Bertz CT molecular complexity index is 1680. The molecule has 0 saturated carbocycles. The molecule has 0 aliphatic heterocycles. The molecule has 1 atom stereocenters. The van der Waals surface area contributed by atoms with Gasteiger partial charge in [0.2, 0.25) is 0 Å². The third-order valence-electron chi connectivity index (χ3n) is 12.6. The zero-order valence-corrected chi connectivity index (χ0v) is 49.0. The van der Waals surface area contributed by atoms with E-state index in [1.807, 2.05) is 0 Å². The molecule has 6 nitrogen and oxygen atoms in total. The molecule has 0 heterocycles. The maximum Gasteiger partial charge on any atom is 0.306 e. The lowest BCUT2D eigenvalue weighted by atomic mass is 10.1. The first-order valence-corrected chi connectivity index (χ1v) is 30.8. The van der Waals surface area contributed by atoms with Crippen LogP contribution in [-0.4, -0.2) is 37.2 Å². The van der Waals surface area contributed by atoms with Crippen molar-refractivity contribution in [2.75, 3.05) is 13.2 Å². The lowest BCUT2D eigenvalue weighted by Gasteiger charge is -2.18. The highest BCUT2D eigenvalue weighted by Gasteiger charge is 2.19. The number of carbonyl (C=O) groups excluding carboxylic acids is 3. The molecule has 0 aliphatic rings. The minimum absolute atomic E-state index is 0.0914. The normalized spacial score (nSPS) is 13.1. The molecule has 0 aromatic heterocycles. The van der Waals surface area contributed by atoms with Gasteiger partial charge in [-0.1, -0.05) is 263 Å². The summed E-state index contributed by atoms with van der Waals surface area (Å²) in [7, 11) is 0. The lowest BCUT2D eigenvalue weighted by molar-refractivity contribution is -0.167. The summed E-state index contributed by atoms with van der Waals surface area (Å²) in [4.78, 5) is 38.0. The molecule has 0 fully saturated rings. The van der Waals surface area contributed by atoms with Crippen LogP contribution in [0, 0.1) is 0 Å². The fraction of sp³-hybridized carbons (Fsp3) is 0.614. The maximum atomic E-state index is 12.8. The van der Waals surface area contributed by atoms with Crippen molar-refractivity contribution in [2.24, 2.45) is 0 Å². The predicted molar refractivity (Wildman–Crippen MR) is 329 cm³/mol. The Morgan fingerprint density at radius 2 is 0.513 bits per heavy atom. The maximum absolute atomic E-state index is 12.8. The van der Waals surface area contributed by atoms with Gasteiger partial charge in [-0.25, -0.2) is 0 Å². The second-order valence-electron chi connectivity index (χ2n) is 19.9. The van der Waals surface area contributed by atoms with Gasteiger partial charge in [0.05, 0.1) is 0 Å². The highest BCUT2D eigenvalue weighted by atomic mass is 16.6. The Morgan fingerprint density at radius 3 is 0.803 bits per heavy atom. The highest BCUT2D eigenvalue weighted by Crippen LogP contribution is 2.14. The van der Waals surface area contributed by atoms with Crippen molar-refractivity contribution in [1.29, 1.82) is 0 Å². The van der Waals surface area contributed by atoms with E-state index in [2.05, 4.69) is 167 Å². The third kappa shape index (κ3) is 60.2. The molecule has 0 N–H and O–H groups in total. The summed E-state index contributed by atoms with van der Waals surface area (Å²) >= 11 is 0. The standard InChI is InChI=1S/C70H112O6/c1-4-7-10-13-16-18-20-22-24-26-28-30-32-34-35-37-38-40-42-44-46-48-50-52-54-57-60-63-69(72)75-66-67(65-74-68(71)62-59-56-15-12-9-6-3)76-70(73)64-61-58-55-53-51-49-47-45-43-41-39-36-33-31-29-27-25-23-21-19-17-14-11-8-5-2/h7-8,10-11,16-19,22-25,28-31,34-36,38-40,43,45,67H,4-6,9,12-15,20-21,26-27,32-33,37,41-42,44,46-66H2,1-3H3/b10-7-,11-8-,18-16-,19-17-,24-22-,25-23-,30-28-,31-29-,35-34-,39-36-,40-38-,45-43-. The van der Waals surface area contributed by atoms with E-state index in [0.29, 0.717) is 19.3 Å². The molecule has 0 aromatic rings. The Hall–Kier alpha value is -4.71. The first-order valence-electron chi connectivity index (χ1n) is 30.8. The average molecular weight is 1050 g/mol. The number of carbonyl (C=O) groups is 3. The van der Waals surface area contributed by atoms with Crippen molar-refractivity contribution in [1.82, 2.24) is 0 Å². The van der Waals surface area contributed by atoms with Gasteiger partial charge in [-0.3, -0.25) is 14.4 Å². The van der Waals surface area contributed by atoms with E-state index in [0.717, 1.165) is 154 Å². The lowest BCUT2D eigenvalue weighted by Crippen LogP contribution is -2.30. The Kier molecular flexibility index (Phi) is 58.9. The molecule has 428 valence electrons. The fourth-order valence-electron chi connectivity index (χ4n) is 8.04. The molecule has 0 bridgehead atoms. The summed E-state index contributed by atoms with van der Waals surface area (Å²) in [5.41, 5.74) is 0. The minimum atomic E-state index is -0.793. The van der Waals surface area contributed by atoms with Gasteiger partial charge in [-0.05, 0) is 122 Å². The first kappa shape index (κ1) is 71.3. The molecular weight excluding hydrogens is 937 g/mol. The van der Waals surface area contributed by atoms with Gasteiger partial charge < -0.3 is 14.2 Å². The van der Waals surface area contributed by atoms with Crippen molar-refractivity contribution in [3.8, 4) is 0 Å². The average Bonchev–Trinajstić information content (AvgIpc) is 3.42. The Labute approximate surface area is 467 Å². The molecule has 0 rings (SSSR count). The molecule has 76 heavy (non-hydrogen) atoms. The first-order chi connectivity index (χ1) is 37.5. The SMILES string of the molecule is CC/C=C\C/C=C\C/C=C\C/C=C\C/C=C\C/C=C\CCCCCCCCCCC(=O)OCC(COC(=O)CCCCCCCC)OC(=O)CCCCCCCC/C=C\C/C=C\C/C=C\C/C=C\C/C=C\C/C=C\CC. The Balaban J connectivity index is 4.21. The monoisotopic (exact) mass is 1050 g/mol. The van der Waals surface area contributed by atoms with E-state index in [1.54, 1.807) is 0 Å². The van der Waals surface area contributed by atoms with E-state index < -0.39 is 6.10 Å². The quantitative estimate of drug-likeness (QED) is 0.0261. The van der Waals surface area contributed by atoms with Crippen LogP contribution in [-0.2, 0) is 28.6 Å². The summed E-state index contributed by atoms with van der Waals surface area (Å²) in [5, 5.41) is 0. The molecule has 0 spiro atoms. The van der Waals surface area contributed by atoms with E-state index in [1.165, 1.54) is 64.2 Å². The molecule has 0 amide bonds. The van der Waals surface area contributed by atoms with Crippen LogP contribution in [0.4, 0.5) is 0 Å². The largest absolute Gasteiger partial charge is 0.462 e. The van der Waals surface area contributed by atoms with Crippen LogP contribution in [0.5, 0.6) is 0 Å². The van der Waals surface area contributed by atoms with Crippen LogP contribution < -0.4 is 0 Å². The van der Waals surface area contributed by atoms with E-state index >= 15 is 0 Å². The van der Waals surface area contributed by atoms with Gasteiger partial charge >= 0.3 is 17.9 Å². The highest BCUT2D eigenvalue weighted by molar-refractivity contribution is 5.71. The molecular formula is C70H112O6. The Morgan fingerprint density at radius 1 is 0.276 bits per heavy atom. The topological polar surface area (TPSA) is 78.9 Å². The number of hydrogen-bond donors (Lipinski definition) is 0. The zero-order chi connectivity index (χ0) is 55.0. The fourth-order valence-corrected chi connectivity index (χ4v) is 8.04. The number of rotatable bonds is 54. The van der Waals surface area contributed by atoms with Crippen LogP contribution in [0.3, 0.4) is 0 Å². The molecule has 1 unspecified atom stereocenters. The van der Waals surface area contributed by atoms with Crippen LogP contribution in [0.2, 0.25) is 0 Å². The van der Waals surface area contributed by atoms with Crippen molar-refractivity contribution < 1.29 is 28.6 Å². The molecule has 0 aromatic carbocycles. The molecule has 6 heteroatoms. The van der Waals surface area contributed by atoms with Gasteiger partial charge in [0.15, 0.2) is 6.10 Å². The smallest absolute Gasteiger partial charge is 0.306 e. The number of hydrogen-bond acceptors (Lipinski definition) is 6. The van der Waals surface area contributed by atoms with Gasteiger partial charge in [-0.15, -0.1) is 0 Å².